The molecule has 0 saturated carbocycles. The Balaban J connectivity index is 1.62. The van der Waals surface area contributed by atoms with Crippen LogP contribution in [0.2, 0.25) is 0 Å². The van der Waals surface area contributed by atoms with Gasteiger partial charge in [-0.05, 0) is 72.1 Å². The van der Waals surface area contributed by atoms with Crippen LogP contribution in [0.4, 0.5) is 0 Å². The highest BCUT2D eigenvalue weighted by Crippen LogP contribution is 2.35. The van der Waals surface area contributed by atoms with Crippen LogP contribution in [-0.4, -0.2) is 27.2 Å². The highest BCUT2D eigenvalue weighted by molar-refractivity contribution is 7.98. The maximum atomic E-state index is 11.9. The zero-order chi connectivity index (χ0) is 26.3. The molecule has 0 aliphatic rings. The number of benzene rings is 4. The summed E-state index contributed by atoms with van der Waals surface area (Å²) in [5.74, 6) is 1.76. The number of esters is 1. The summed E-state index contributed by atoms with van der Waals surface area (Å²) in [6.07, 6.45) is 1.39. The third-order valence-electron chi connectivity index (χ3n) is 5.59. The minimum atomic E-state index is -3.26. The van der Waals surface area contributed by atoms with Crippen molar-refractivity contribution in [3.05, 3.63) is 108 Å². The Kier molecular flexibility index (Phi) is 8.69. The van der Waals surface area contributed by atoms with E-state index in [1.54, 1.807) is 30.8 Å². The van der Waals surface area contributed by atoms with E-state index in [0.29, 0.717) is 28.8 Å². The number of hydrogen-bond acceptors (Lipinski definition) is 6. The summed E-state index contributed by atoms with van der Waals surface area (Å²) in [6, 6.07) is 30.4. The average Bonchev–Trinajstić information content (AvgIpc) is 2.88. The van der Waals surface area contributed by atoms with E-state index in [4.69, 9.17) is 9.47 Å². The molecule has 0 aliphatic heterocycles. The maximum Gasteiger partial charge on any atom is 0.310 e. The molecule has 0 bridgehead atoms. The summed E-state index contributed by atoms with van der Waals surface area (Å²) in [5.41, 5.74) is 3.70. The molecular weight excluding hydrogens is 504 g/mol. The van der Waals surface area contributed by atoms with E-state index in [1.165, 1.54) is 6.26 Å². The van der Waals surface area contributed by atoms with Crippen LogP contribution in [0, 0.1) is 0 Å². The van der Waals surface area contributed by atoms with Gasteiger partial charge in [0.25, 0.3) is 0 Å². The second kappa shape index (κ2) is 12.1. The maximum absolute atomic E-state index is 11.9. The van der Waals surface area contributed by atoms with Crippen molar-refractivity contribution in [1.82, 2.24) is 0 Å². The topological polar surface area (TPSA) is 69.7 Å². The van der Waals surface area contributed by atoms with Crippen LogP contribution in [0.15, 0.2) is 107 Å². The van der Waals surface area contributed by atoms with E-state index in [1.807, 2.05) is 66.7 Å². The SMILES string of the molecule is CCOC(=O)Cc1cccc(Oc2ccc(-c3ccc(S(C)(=O)=O)cc3)cc2CSc2ccccc2)c1. The lowest BCUT2D eigenvalue weighted by Crippen LogP contribution is -2.07. The van der Waals surface area contributed by atoms with E-state index < -0.39 is 9.84 Å². The van der Waals surface area contributed by atoms with Gasteiger partial charge in [0, 0.05) is 22.5 Å². The highest BCUT2D eigenvalue weighted by Gasteiger charge is 2.12. The molecule has 0 radical (unpaired) electrons. The van der Waals surface area contributed by atoms with Crippen LogP contribution < -0.4 is 4.74 Å². The third-order valence-corrected chi connectivity index (χ3v) is 7.78. The summed E-state index contributed by atoms with van der Waals surface area (Å²) in [5, 5.41) is 0. The van der Waals surface area contributed by atoms with Gasteiger partial charge < -0.3 is 9.47 Å². The van der Waals surface area contributed by atoms with Gasteiger partial charge >= 0.3 is 5.97 Å². The van der Waals surface area contributed by atoms with Gasteiger partial charge in [-0.1, -0.05) is 48.5 Å². The Labute approximate surface area is 222 Å². The van der Waals surface area contributed by atoms with Crippen molar-refractivity contribution in [3.63, 3.8) is 0 Å². The molecular formula is C30H28O5S2. The van der Waals surface area contributed by atoms with Gasteiger partial charge in [-0.15, -0.1) is 11.8 Å². The average molecular weight is 533 g/mol. The molecule has 4 rings (SSSR count). The van der Waals surface area contributed by atoms with Crippen LogP contribution in [0.1, 0.15) is 18.1 Å². The van der Waals surface area contributed by atoms with E-state index in [0.717, 1.165) is 27.1 Å². The Morgan fingerprint density at radius 2 is 1.57 bits per heavy atom. The molecule has 0 aliphatic carbocycles. The number of carbonyl (C=O) groups excluding carboxylic acids is 1. The summed E-state index contributed by atoms with van der Waals surface area (Å²) >= 11 is 1.70. The molecule has 4 aromatic rings. The van der Waals surface area contributed by atoms with Crippen LogP contribution in [0.5, 0.6) is 11.5 Å². The zero-order valence-corrected chi connectivity index (χ0v) is 22.3. The smallest absolute Gasteiger partial charge is 0.310 e. The van der Waals surface area contributed by atoms with E-state index in [9.17, 15) is 13.2 Å². The molecule has 0 saturated heterocycles. The summed E-state index contributed by atoms with van der Waals surface area (Å²) in [6.45, 7) is 2.14. The van der Waals surface area contributed by atoms with Gasteiger partial charge in [0.15, 0.2) is 9.84 Å². The molecule has 190 valence electrons. The molecule has 0 atom stereocenters. The molecule has 5 nitrogen and oxygen atoms in total. The standard InChI is InChI=1S/C30H28O5S2/c1-3-34-30(31)19-22-8-7-9-26(18-22)35-29-17-14-24(23-12-15-28(16-13-23)37(2,32)33)20-25(29)21-36-27-10-5-4-6-11-27/h4-18,20H,3,19,21H2,1-2H3. The van der Waals surface area contributed by atoms with Crippen molar-refractivity contribution in [2.24, 2.45) is 0 Å². The van der Waals surface area contributed by atoms with Gasteiger partial charge in [0.2, 0.25) is 0 Å². The van der Waals surface area contributed by atoms with Gasteiger partial charge in [0.1, 0.15) is 11.5 Å². The monoisotopic (exact) mass is 532 g/mol. The van der Waals surface area contributed by atoms with Gasteiger partial charge in [-0.3, -0.25) is 4.79 Å². The molecule has 0 fully saturated rings. The molecule has 0 aromatic heterocycles. The molecule has 4 aromatic carbocycles. The lowest BCUT2D eigenvalue weighted by molar-refractivity contribution is -0.142. The molecule has 0 heterocycles. The minimum absolute atomic E-state index is 0.185. The van der Waals surface area contributed by atoms with E-state index in [-0.39, 0.29) is 12.4 Å². The third kappa shape index (κ3) is 7.47. The first kappa shape index (κ1) is 26.5. The lowest BCUT2D eigenvalue weighted by atomic mass is 10.0. The van der Waals surface area contributed by atoms with E-state index in [2.05, 4.69) is 18.2 Å². The Morgan fingerprint density at radius 3 is 2.27 bits per heavy atom. The number of rotatable bonds is 10. The molecule has 0 amide bonds. The molecule has 0 N–H and O–H groups in total. The number of sulfone groups is 1. The van der Waals surface area contributed by atoms with Gasteiger partial charge in [-0.25, -0.2) is 8.42 Å². The number of carbonyl (C=O) groups is 1. The fraction of sp³-hybridized carbons (Fsp3) is 0.167. The fourth-order valence-corrected chi connectivity index (χ4v) is 5.30. The van der Waals surface area contributed by atoms with Crippen molar-refractivity contribution in [1.29, 1.82) is 0 Å². The normalized spacial score (nSPS) is 11.2. The second-order valence-electron chi connectivity index (χ2n) is 8.45. The first-order chi connectivity index (χ1) is 17.8. The number of ether oxygens (including phenoxy) is 2. The van der Waals surface area contributed by atoms with Crippen LogP contribution >= 0.6 is 11.8 Å². The largest absolute Gasteiger partial charge is 0.466 e. The number of hydrogen-bond donors (Lipinski definition) is 0. The fourth-order valence-electron chi connectivity index (χ4n) is 3.77. The van der Waals surface area contributed by atoms with Crippen LogP contribution in [-0.2, 0) is 31.5 Å². The number of thioether (sulfide) groups is 1. The van der Waals surface area contributed by atoms with Crippen molar-refractivity contribution in [2.75, 3.05) is 12.9 Å². The molecule has 0 spiro atoms. The zero-order valence-electron chi connectivity index (χ0n) is 20.7. The van der Waals surface area contributed by atoms with Crippen molar-refractivity contribution < 1.29 is 22.7 Å². The molecule has 0 unspecified atom stereocenters. The van der Waals surface area contributed by atoms with E-state index >= 15 is 0 Å². The minimum Gasteiger partial charge on any atom is -0.466 e. The predicted octanol–water partition coefficient (Wildman–Crippen LogP) is 6.95. The van der Waals surface area contributed by atoms with Gasteiger partial charge in [-0.2, -0.15) is 0 Å². The van der Waals surface area contributed by atoms with Crippen LogP contribution in [0.25, 0.3) is 11.1 Å². The second-order valence-corrected chi connectivity index (χ2v) is 11.5. The Bertz CT molecular complexity index is 1460. The summed E-state index contributed by atoms with van der Waals surface area (Å²) in [7, 11) is -3.26. The highest BCUT2D eigenvalue weighted by atomic mass is 32.2. The van der Waals surface area contributed by atoms with Crippen molar-refractivity contribution in [2.45, 2.75) is 28.9 Å². The Hall–Kier alpha value is -3.55. The first-order valence-electron chi connectivity index (χ1n) is 11.9. The molecule has 7 heteroatoms. The van der Waals surface area contributed by atoms with Crippen LogP contribution in [0.3, 0.4) is 0 Å². The predicted molar refractivity (Wildman–Crippen MR) is 148 cm³/mol. The Morgan fingerprint density at radius 1 is 0.838 bits per heavy atom. The first-order valence-corrected chi connectivity index (χ1v) is 14.7. The molecule has 37 heavy (non-hydrogen) atoms. The quantitative estimate of drug-likeness (QED) is 0.163. The van der Waals surface area contributed by atoms with Gasteiger partial charge in [0.05, 0.1) is 17.9 Å². The summed E-state index contributed by atoms with van der Waals surface area (Å²) in [4.78, 5) is 13.3. The van der Waals surface area contributed by atoms with Crippen molar-refractivity contribution >= 4 is 27.6 Å². The lowest BCUT2D eigenvalue weighted by Gasteiger charge is -2.14. The van der Waals surface area contributed by atoms with Crippen molar-refractivity contribution in [3.8, 4) is 22.6 Å². The summed E-state index contributed by atoms with van der Waals surface area (Å²) < 4.78 is 35.0.